The normalized spacial score (nSPS) is 37.3. The second-order valence-electron chi connectivity index (χ2n) is 6.55. The molecular weight excluding hydrogens is 260 g/mol. The molecule has 5 heteroatoms. The van der Waals surface area contributed by atoms with E-state index in [9.17, 15) is 4.79 Å². The van der Waals surface area contributed by atoms with Crippen LogP contribution in [0, 0.1) is 17.3 Å². The summed E-state index contributed by atoms with van der Waals surface area (Å²) in [5, 5.41) is 3.05. The average molecular weight is 286 g/mol. The minimum atomic E-state index is -0.771. The van der Waals surface area contributed by atoms with E-state index >= 15 is 0 Å². The van der Waals surface area contributed by atoms with Gasteiger partial charge >= 0.3 is 0 Å². The van der Waals surface area contributed by atoms with Crippen molar-refractivity contribution in [3.05, 3.63) is 0 Å². The minimum Gasteiger partial charge on any atom is -0.377 e. The van der Waals surface area contributed by atoms with Crippen LogP contribution >= 0.6 is 11.8 Å². The van der Waals surface area contributed by atoms with Gasteiger partial charge in [0.15, 0.2) is 0 Å². The van der Waals surface area contributed by atoms with Crippen molar-refractivity contribution in [3.8, 4) is 0 Å². The number of thioether (sulfide) groups is 1. The molecule has 2 aliphatic rings. The molecule has 0 aromatic carbocycles. The van der Waals surface area contributed by atoms with Gasteiger partial charge in [-0.3, -0.25) is 4.79 Å². The zero-order chi connectivity index (χ0) is 14.3. The Labute approximate surface area is 120 Å². The van der Waals surface area contributed by atoms with E-state index in [1.165, 1.54) is 0 Å². The molecule has 1 saturated heterocycles. The van der Waals surface area contributed by atoms with Crippen LogP contribution in [0.2, 0.25) is 0 Å². The van der Waals surface area contributed by atoms with E-state index in [-0.39, 0.29) is 23.3 Å². The first-order chi connectivity index (χ1) is 8.85. The summed E-state index contributed by atoms with van der Waals surface area (Å²) in [7, 11) is 0. The first-order valence-electron chi connectivity index (χ1n) is 7.03. The standard InChI is InChI=1S/C14H26N2O2S/c1-9(8-19-4)7-16-12(17)14(15)10-5-6-18-11(10)13(14,2)3/h9-11H,5-8,15H2,1-4H3,(H,16,17). The quantitative estimate of drug-likeness (QED) is 0.798. The van der Waals surface area contributed by atoms with Gasteiger partial charge in [-0.1, -0.05) is 20.8 Å². The lowest BCUT2D eigenvalue weighted by Gasteiger charge is -2.60. The summed E-state index contributed by atoms with van der Waals surface area (Å²) in [5.41, 5.74) is 5.42. The second kappa shape index (κ2) is 5.26. The van der Waals surface area contributed by atoms with Gasteiger partial charge in [-0.2, -0.15) is 11.8 Å². The topological polar surface area (TPSA) is 64.4 Å². The zero-order valence-corrected chi connectivity index (χ0v) is 13.2. The van der Waals surface area contributed by atoms with E-state index in [1.807, 2.05) is 13.8 Å². The Morgan fingerprint density at radius 2 is 2.26 bits per heavy atom. The maximum Gasteiger partial charge on any atom is 0.241 e. The lowest BCUT2D eigenvalue weighted by molar-refractivity contribution is -0.175. The molecule has 4 nitrogen and oxygen atoms in total. The van der Waals surface area contributed by atoms with Gasteiger partial charge in [-0.05, 0) is 24.3 Å². The number of hydrogen-bond acceptors (Lipinski definition) is 4. The van der Waals surface area contributed by atoms with E-state index in [0.717, 1.165) is 18.8 Å². The van der Waals surface area contributed by atoms with Gasteiger partial charge in [-0.25, -0.2) is 0 Å². The lowest BCUT2D eigenvalue weighted by atomic mass is 9.48. The number of nitrogens with two attached hydrogens (primary N) is 1. The molecule has 2 rings (SSSR count). The van der Waals surface area contributed by atoms with Crippen LogP contribution in [0.3, 0.4) is 0 Å². The molecule has 0 bridgehead atoms. The predicted octanol–water partition coefficient (Wildman–Crippen LogP) is 1.24. The highest BCUT2D eigenvalue weighted by molar-refractivity contribution is 7.98. The van der Waals surface area contributed by atoms with E-state index in [0.29, 0.717) is 12.5 Å². The highest BCUT2D eigenvalue weighted by Crippen LogP contribution is 2.58. The maximum absolute atomic E-state index is 12.5. The van der Waals surface area contributed by atoms with Crippen LogP contribution in [0.25, 0.3) is 0 Å². The maximum atomic E-state index is 12.5. The molecule has 19 heavy (non-hydrogen) atoms. The number of nitrogens with one attached hydrogen (secondary N) is 1. The Kier molecular flexibility index (Phi) is 4.19. The predicted molar refractivity (Wildman–Crippen MR) is 79.1 cm³/mol. The third-order valence-electron chi connectivity index (χ3n) is 4.89. The monoisotopic (exact) mass is 286 g/mol. The fraction of sp³-hybridized carbons (Fsp3) is 0.929. The Morgan fingerprint density at radius 3 is 2.89 bits per heavy atom. The van der Waals surface area contributed by atoms with Crippen LogP contribution in [0.5, 0.6) is 0 Å². The number of rotatable bonds is 5. The number of ether oxygens (including phenoxy) is 1. The van der Waals surface area contributed by atoms with Gasteiger partial charge in [0.1, 0.15) is 5.54 Å². The van der Waals surface area contributed by atoms with Crippen LogP contribution in [-0.2, 0) is 9.53 Å². The van der Waals surface area contributed by atoms with Crippen molar-refractivity contribution in [1.29, 1.82) is 0 Å². The summed E-state index contributed by atoms with van der Waals surface area (Å²) in [6.45, 7) is 7.67. The number of carbonyl (C=O) groups is 1. The summed E-state index contributed by atoms with van der Waals surface area (Å²) in [5.74, 6) is 1.70. The van der Waals surface area contributed by atoms with E-state index < -0.39 is 5.54 Å². The lowest BCUT2D eigenvalue weighted by Crippen LogP contribution is -2.80. The second-order valence-corrected chi connectivity index (χ2v) is 7.46. The SMILES string of the molecule is CSCC(C)CNC(=O)C1(N)C2CCOC2C1(C)C. The summed E-state index contributed by atoms with van der Waals surface area (Å²) in [6.07, 6.45) is 3.13. The van der Waals surface area contributed by atoms with Gasteiger partial charge in [0, 0.05) is 24.5 Å². The molecule has 110 valence electrons. The molecule has 4 atom stereocenters. The van der Waals surface area contributed by atoms with Crippen molar-refractivity contribution in [2.24, 2.45) is 23.0 Å². The molecular formula is C14H26N2O2S. The summed E-state index contributed by atoms with van der Waals surface area (Å²) in [4.78, 5) is 12.5. The van der Waals surface area contributed by atoms with Gasteiger partial charge in [0.2, 0.25) is 5.91 Å². The van der Waals surface area contributed by atoms with Crippen LogP contribution < -0.4 is 11.1 Å². The van der Waals surface area contributed by atoms with Crippen molar-refractivity contribution >= 4 is 17.7 Å². The highest BCUT2D eigenvalue weighted by atomic mass is 32.2. The molecule has 0 radical (unpaired) electrons. The first-order valence-corrected chi connectivity index (χ1v) is 8.42. The molecule has 2 fully saturated rings. The summed E-state index contributed by atoms with van der Waals surface area (Å²) >= 11 is 1.80. The molecule has 3 N–H and O–H groups in total. The fourth-order valence-corrected chi connectivity index (χ4v) is 4.29. The van der Waals surface area contributed by atoms with Crippen molar-refractivity contribution in [2.45, 2.75) is 38.8 Å². The van der Waals surface area contributed by atoms with E-state index in [1.54, 1.807) is 11.8 Å². The van der Waals surface area contributed by atoms with Gasteiger partial charge in [0.25, 0.3) is 0 Å². The number of hydrogen-bond donors (Lipinski definition) is 2. The molecule has 0 aromatic rings. The van der Waals surface area contributed by atoms with Crippen LogP contribution in [0.15, 0.2) is 0 Å². The summed E-state index contributed by atoms with van der Waals surface area (Å²) in [6, 6.07) is 0. The summed E-state index contributed by atoms with van der Waals surface area (Å²) < 4.78 is 5.71. The molecule has 0 spiro atoms. The molecule has 0 aromatic heterocycles. The van der Waals surface area contributed by atoms with Gasteiger partial charge in [-0.15, -0.1) is 0 Å². The average Bonchev–Trinajstić information content (AvgIpc) is 2.83. The minimum absolute atomic E-state index is 0.00259. The molecule has 1 heterocycles. The molecule has 1 amide bonds. The highest BCUT2D eigenvalue weighted by Gasteiger charge is 2.71. The zero-order valence-electron chi connectivity index (χ0n) is 12.4. The molecule has 1 aliphatic carbocycles. The third-order valence-corrected chi connectivity index (χ3v) is 5.79. The van der Waals surface area contributed by atoms with E-state index in [4.69, 9.17) is 10.5 Å². The largest absolute Gasteiger partial charge is 0.377 e. The Morgan fingerprint density at radius 1 is 1.58 bits per heavy atom. The third kappa shape index (κ3) is 2.20. The van der Waals surface area contributed by atoms with Crippen LogP contribution in [-0.4, -0.2) is 42.7 Å². The fourth-order valence-electron chi connectivity index (χ4n) is 3.60. The van der Waals surface area contributed by atoms with Crippen molar-refractivity contribution in [2.75, 3.05) is 25.2 Å². The molecule has 4 unspecified atom stereocenters. The van der Waals surface area contributed by atoms with Gasteiger partial charge < -0.3 is 15.8 Å². The van der Waals surface area contributed by atoms with Crippen molar-refractivity contribution < 1.29 is 9.53 Å². The van der Waals surface area contributed by atoms with Crippen LogP contribution in [0.4, 0.5) is 0 Å². The number of fused-ring (bicyclic) bond motifs is 1. The first kappa shape index (κ1) is 15.1. The smallest absolute Gasteiger partial charge is 0.241 e. The van der Waals surface area contributed by atoms with Gasteiger partial charge in [0.05, 0.1) is 6.10 Å². The Balaban J connectivity index is 1.98. The number of carbonyl (C=O) groups excluding carboxylic acids is 1. The Bertz CT molecular complexity index is 361. The Hall–Kier alpha value is -0.260. The van der Waals surface area contributed by atoms with E-state index in [2.05, 4.69) is 18.5 Å². The van der Waals surface area contributed by atoms with Crippen LogP contribution in [0.1, 0.15) is 27.2 Å². The molecule has 1 aliphatic heterocycles. The number of amides is 1. The van der Waals surface area contributed by atoms with Crippen molar-refractivity contribution in [1.82, 2.24) is 5.32 Å². The van der Waals surface area contributed by atoms with Crippen molar-refractivity contribution in [3.63, 3.8) is 0 Å². The molecule has 1 saturated carbocycles.